The van der Waals surface area contributed by atoms with Gasteiger partial charge in [0.05, 0.1) is 6.20 Å². The van der Waals surface area contributed by atoms with Gasteiger partial charge >= 0.3 is 0 Å². The SMILES string of the molecule is O=C(C1CCCCC1)N(CC12CCC(c3nc(C4CC4)no3)(CC1)CC2)c1cccc(-c2cnc(C3CC3)o2)c1. The van der Waals surface area contributed by atoms with E-state index in [0.717, 1.165) is 105 Å². The average Bonchev–Trinajstić information content (AvgIpc) is 3.95. The molecule has 9 rings (SSSR count). The number of hydrogen-bond donors (Lipinski definition) is 0. The van der Waals surface area contributed by atoms with Gasteiger partial charge in [0.25, 0.3) is 0 Å². The van der Waals surface area contributed by atoms with Crippen LogP contribution in [0.2, 0.25) is 0 Å². The zero-order valence-corrected chi connectivity index (χ0v) is 23.4. The van der Waals surface area contributed by atoms with Crippen molar-refractivity contribution in [1.29, 1.82) is 0 Å². The van der Waals surface area contributed by atoms with E-state index in [9.17, 15) is 4.79 Å². The predicted molar refractivity (Wildman–Crippen MR) is 151 cm³/mol. The molecule has 2 aromatic heterocycles. The lowest BCUT2D eigenvalue weighted by Crippen LogP contribution is -2.51. The van der Waals surface area contributed by atoms with E-state index < -0.39 is 0 Å². The van der Waals surface area contributed by atoms with Crippen molar-refractivity contribution in [3.8, 4) is 11.3 Å². The lowest BCUT2D eigenvalue weighted by molar-refractivity contribution is -0.124. The molecular formula is C33H40N4O3. The molecule has 6 fully saturated rings. The van der Waals surface area contributed by atoms with Gasteiger partial charge in [-0.3, -0.25) is 4.79 Å². The molecule has 0 radical (unpaired) electrons. The third-order valence-corrected chi connectivity index (χ3v) is 10.8. The molecule has 40 heavy (non-hydrogen) atoms. The number of nitrogens with zero attached hydrogens (tertiary/aromatic N) is 4. The molecule has 0 saturated heterocycles. The molecular weight excluding hydrogens is 500 g/mol. The first-order chi connectivity index (χ1) is 19.6. The molecule has 210 valence electrons. The first kappa shape index (κ1) is 24.8. The number of carbonyl (C=O) groups is 1. The zero-order valence-electron chi connectivity index (χ0n) is 23.4. The van der Waals surface area contributed by atoms with Crippen LogP contribution in [-0.2, 0) is 10.2 Å². The first-order valence-corrected chi connectivity index (χ1v) is 15.8. The van der Waals surface area contributed by atoms with Gasteiger partial charge in [0, 0.05) is 41.0 Å². The van der Waals surface area contributed by atoms with Gasteiger partial charge < -0.3 is 13.8 Å². The Morgan fingerprint density at radius 1 is 0.925 bits per heavy atom. The topological polar surface area (TPSA) is 85.3 Å². The first-order valence-electron chi connectivity index (χ1n) is 15.8. The van der Waals surface area contributed by atoms with Gasteiger partial charge in [0.2, 0.25) is 11.8 Å². The van der Waals surface area contributed by atoms with Crippen LogP contribution in [0.4, 0.5) is 5.69 Å². The van der Waals surface area contributed by atoms with Crippen LogP contribution < -0.4 is 4.90 Å². The Kier molecular flexibility index (Phi) is 5.93. The quantitative estimate of drug-likeness (QED) is 0.291. The molecule has 0 N–H and O–H groups in total. The smallest absolute Gasteiger partial charge is 0.232 e. The fourth-order valence-corrected chi connectivity index (χ4v) is 7.75. The maximum atomic E-state index is 14.2. The summed E-state index contributed by atoms with van der Waals surface area (Å²) in [5, 5.41) is 4.34. The van der Waals surface area contributed by atoms with Crippen LogP contribution >= 0.6 is 0 Å². The second kappa shape index (κ2) is 9.56. The molecule has 6 aliphatic carbocycles. The van der Waals surface area contributed by atoms with E-state index in [4.69, 9.17) is 13.9 Å². The van der Waals surface area contributed by atoms with E-state index in [-0.39, 0.29) is 16.7 Å². The summed E-state index contributed by atoms with van der Waals surface area (Å²) in [6.45, 7) is 0.794. The lowest BCUT2D eigenvalue weighted by atomic mass is 9.53. The highest BCUT2D eigenvalue weighted by molar-refractivity contribution is 5.95. The van der Waals surface area contributed by atoms with Crippen molar-refractivity contribution in [1.82, 2.24) is 15.1 Å². The third-order valence-electron chi connectivity index (χ3n) is 10.8. The van der Waals surface area contributed by atoms with Gasteiger partial charge in [-0.2, -0.15) is 4.98 Å². The number of benzene rings is 1. The number of oxazole rings is 1. The summed E-state index contributed by atoms with van der Waals surface area (Å²) < 4.78 is 12.0. The second-order valence-corrected chi connectivity index (χ2v) is 13.7. The van der Waals surface area contributed by atoms with Crippen molar-refractivity contribution in [3.05, 3.63) is 48.1 Å². The summed E-state index contributed by atoms with van der Waals surface area (Å²) in [5.41, 5.74) is 2.18. The fourth-order valence-electron chi connectivity index (χ4n) is 7.75. The van der Waals surface area contributed by atoms with Crippen LogP contribution in [0.1, 0.15) is 126 Å². The minimum absolute atomic E-state index is 0.0333. The van der Waals surface area contributed by atoms with Crippen LogP contribution in [0.15, 0.2) is 39.4 Å². The third kappa shape index (κ3) is 4.50. The molecule has 3 aromatic rings. The highest BCUT2D eigenvalue weighted by atomic mass is 16.5. The fraction of sp³-hybridized carbons (Fsp3) is 0.636. The Bertz CT molecular complexity index is 1370. The number of hydrogen-bond acceptors (Lipinski definition) is 6. The van der Waals surface area contributed by atoms with Crippen LogP contribution in [0.25, 0.3) is 11.3 Å². The van der Waals surface area contributed by atoms with Gasteiger partial charge in [0.1, 0.15) is 0 Å². The van der Waals surface area contributed by atoms with E-state index in [2.05, 4.69) is 39.3 Å². The zero-order chi connectivity index (χ0) is 26.7. The highest BCUT2D eigenvalue weighted by Crippen LogP contribution is 2.58. The minimum atomic E-state index is 0.0333. The normalized spacial score (nSPS) is 28.6. The van der Waals surface area contributed by atoms with E-state index >= 15 is 0 Å². The Hall–Kier alpha value is -2.96. The Morgan fingerprint density at radius 3 is 2.40 bits per heavy atom. The van der Waals surface area contributed by atoms with Crippen molar-refractivity contribution >= 4 is 11.6 Å². The van der Waals surface area contributed by atoms with Crippen molar-refractivity contribution in [2.24, 2.45) is 11.3 Å². The predicted octanol–water partition coefficient (Wildman–Crippen LogP) is 7.68. The number of rotatable bonds is 8. The molecule has 6 aliphatic rings. The second-order valence-electron chi connectivity index (χ2n) is 13.7. The Balaban J connectivity index is 1.06. The lowest BCUT2D eigenvalue weighted by Gasteiger charge is -2.53. The number of aromatic nitrogens is 3. The Labute approximate surface area is 236 Å². The highest BCUT2D eigenvalue weighted by Gasteiger charge is 2.53. The summed E-state index contributed by atoms with van der Waals surface area (Å²) in [4.78, 5) is 25.8. The molecule has 0 atom stereocenters. The van der Waals surface area contributed by atoms with Crippen LogP contribution in [0.5, 0.6) is 0 Å². The molecule has 0 unspecified atom stereocenters. The van der Waals surface area contributed by atoms with Gasteiger partial charge in [-0.15, -0.1) is 0 Å². The van der Waals surface area contributed by atoms with Crippen molar-refractivity contribution in [2.75, 3.05) is 11.4 Å². The van der Waals surface area contributed by atoms with E-state index in [0.29, 0.717) is 17.7 Å². The summed E-state index contributed by atoms with van der Waals surface area (Å²) in [7, 11) is 0. The molecule has 2 bridgehead atoms. The summed E-state index contributed by atoms with van der Waals surface area (Å²) >= 11 is 0. The Morgan fingerprint density at radius 2 is 1.68 bits per heavy atom. The molecule has 1 amide bonds. The molecule has 6 saturated carbocycles. The van der Waals surface area contributed by atoms with Crippen LogP contribution in [-0.4, -0.2) is 27.6 Å². The minimum Gasteiger partial charge on any atom is -0.440 e. The molecule has 0 aliphatic heterocycles. The van der Waals surface area contributed by atoms with Crippen LogP contribution in [0, 0.1) is 11.3 Å². The standard InChI is InChI=1S/C33H40N4O3/c38-30(24-5-2-1-3-6-24)37(26-8-4-7-25(19-26)27-20-34-29(39-27)23-11-12-23)21-32-13-16-33(17-14-32,18-15-32)31-35-28(36-40-31)22-9-10-22/h4,7-8,19-20,22-24H,1-3,5-6,9-18,21H2. The largest absolute Gasteiger partial charge is 0.440 e. The molecule has 2 heterocycles. The van der Waals surface area contributed by atoms with Crippen molar-refractivity contribution in [2.45, 2.75) is 114 Å². The van der Waals surface area contributed by atoms with E-state index in [1.165, 1.54) is 32.1 Å². The monoisotopic (exact) mass is 540 g/mol. The molecule has 0 spiro atoms. The van der Waals surface area contributed by atoms with Crippen LogP contribution in [0.3, 0.4) is 0 Å². The maximum absolute atomic E-state index is 14.2. The van der Waals surface area contributed by atoms with Gasteiger partial charge in [0.15, 0.2) is 17.5 Å². The number of fused-ring (bicyclic) bond motifs is 3. The number of carbonyl (C=O) groups excluding carboxylic acids is 1. The van der Waals surface area contributed by atoms with Gasteiger partial charge in [-0.1, -0.05) is 36.6 Å². The average molecular weight is 541 g/mol. The van der Waals surface area contributed by atoms with Crippen molar-refractivity contribution in [3.63, 3.8) is 0 Å². The summed E-state index contributed by atoms with van der Waals surface area (Å²) in [5.74, 6) is 4.91. The number of anilines is 1. The van der Waals surface area contributed by atoms with E-state index in [1.54, 1.807) is 0 Å². The molecule has 7 heteroatoms. The van der Waals surface area contributed by atoms with Gasteiger partial charge in [-0.25, -0.2) is 4.98 Å². The summed E-state index contributed by atoms with van der Waals surface area (Å²) in [6.07, 6.45) is 18.7. The van der Waals surface area contributed by atoms with Gasteiger partial charge in [-0.05, 0) is 94.6 Å². The maximum Gasteiger partial charge on any atom is 0.232 e. The summed E-state index contributed by atoms with van der Waals surface area (Å²) in [6, 6.07) is 8.43. The van der Waals surface area contributed by atoms with Crippen molar-refractivity contribution < 1.29 is 13.7 Å². The number of amides is 1. The molecule has 7 nitrogen and oxygen atoms in total. The van der Waals surface area contributed by atoms with E-state index in [1.807, 2.05) is 6.20 Å². The molecule has 1 aromatic carbocycles.